The van der Waals surface area contributed by atoms with Crippen molar-refractivity contribution >= 4 is 17.7 Å². The van der Waals surface area contributed by atoms with E-state index < -0.39 is 0 Å². The van der Waals surface area contributed by atoms with Crippen molar-refractivity contribution in [1.29, 1.82) is 0 Å². The summed E-state index contributed by atoms with van der Waals surface area (Å²) in [5, 5.41) is 3.97. The number of carbonyl (C=O) groups excluding carboxylic acids is 1. The minimum absolute atomic E-state index is 0.327. The first-order valence-corrected chi connectivity index (χ1v) is 7.78. The van der Waals surface area contributed by atoms with E-state index in [0.717, 1.165) is 12.8 Å². The van der Waals surface area contributed by atoms with Crippen LogP contribution in [0, 0.1) is 5.92 Å². The molecule has 0 radical (unpaired) electrons. The zero-order chi connectivity index (χ0) is 11.4. The fraction of sp³-hybridized carbons (Fsp3) is 0.923. The maximum atomic E-state index is 12.0. The molecule has 0 aliphatic heterocycles. The molecule has 0 bridgehead atoms. The number of rotatable bonds is 4. The molecule has 3 heteroatoms. The topological polar surface area (TPSA) is 29.1 Å². The monoisotopic (exact) mass is 241 g/mol. The Kier molecular flexibility index (Phi) is 4.56. The molecule has 0 aromatic rings. The van der Waals surface area contributed by atoms with Crippen molar-refractivity contribution in [2.45, 2.75) is 63.2 Å². The summed E-state index contributed by atoms with van der Waals surface area (Å²) in [6.45, 7) is 2.21. The number of hydrogen-bond donors (Lipinski definition) is 1. The van der Waals surface area contributed by atoms with Gasteiger partial charge in [-0.2, -0.15) is 11.8 Å². The first-order chi connectivity index (χ1) is 7.81. The third kappa shape index (κ3) is 2.93. The van der Waals surface area contributed by atoms with E-state index in [2.05, 4.69) is 12.2 Å². The van der Waals surface area contributed by atoms with Crippen LogP contribution in [-0.2, 0) is 4.79 Å². The second-order valence-corrected chi connectivity index (χ2v) is 6.54. The zero-order valence-corrected chi connectivity index (χ0v) is 11.0. The normalized spacial score (nSPS) is 30.8. The molecule has 1 N–H and O–H groups in total. The van der Waals surface area contributed by atoms with Crippen LogP contribution >= 0.6 is 11.8 Å². The molecule has 0 spiro atoms. The second kappa shape index (κ2) is 5.95. The molecule has 0 aromatic heterocycles. The van der Waals surface area contributed by atoms with Gasteiger partial charge in [-0.15, -0.1) is 0 Å². The van der Waals surface area contributed by atoms with Crippen LogP contribution in [0.2, 0.25) is 0 Å². The van der Waals surface area contributed by atoms with E-state index in [9.17, 15) is 4.79 Å². The quantitative estimate of drug-likeness (QED) is 0.820. The van der Waals surface area contributed by atoms with Crippen molar-refractivity contribution in [2.75, 3.05) is 5.75 Å². The highest BCUT2D eigenvalue weighted by atomic mass is 32.2. The Hall–Kier alpha value is -0.180. The molecule has 2 rings (SSSR count). The van der Waals surface area contributed by atoms with Crippen molar-refractivity contribution < 1.29 is 4.79 Å². The Morgan fingerprint density at radius 1 is 1.19 bits per heavy atom. The number of nitrogens with one attached hydrogen (secondary N) is 1. The molecule has 2 atom stereocenters. The van der Waals surface area contributed by atoms with Crippen LogP contribution in [-0.4, -0.2) is 23.0 Å². The molecule has 0 unspecified atom stereocenters. The summed E-state index contributed by atoms with van der Waals surface area (Å²) in [6.07, 6.45) is 8.48. The van der Waals surface area contributed by atoms with E-state index in [-0.39, 0.29) is 0 Å². The molecule has 16 heavy (non-hydrogen) atoms. The Bertz CT molecular complexity index is 238. The van der Waals surface area contributed by atoms with E-state index in [1.54, 1.807) is 0 Å². The van der Waals surface area contributed by atoms with Crippen molar-refractivity contribution in [3.05, 3.63) is 0 Å². The average Bonchev–Trinajstić information content (AvgIpc) is 2.90. The van der Waals surface area contributed by atoms with E-state index >= 15 is 0 Å². The van der Waals surface area contributed by atoms with Gasteiger partial charge in [0.1, 0.15) is 0 Å². The lowest BCUT2D eigenvalue weighted by Gasteiger charge is -2.22. The van der Waals surface area contributed by atoms with Gasteiger partial charge in [0.25, 0.3) is 0 Å². The highest BCUT2D eigenvalue weighted by molar-refractivity contribution is 7.99. The molecule has 2 aliphatic carbocycles. The SMILES string of the molecule is CCS[C@@H]1CCC[C@@H]1NC(=O)C1CCCC1. The third-order valence-electron chi connectivity index (χ3n) is 3.89. The lowest BCUT2D eigenvalue weighted by molar-refractivity contribution is -0.125. The predicted octanol–water partition coefficient (Wildman–Crippen LogP) is 2.97. The summed E-state index contributed by atoms with van der Waals surface area (Å²) in [6, 6.07) is 0.457. The van der Waals surface area contributed by atoms with E-state index in [4.69, 9.17) is 0 Å². The highest BCUT2D eigenvalue weighted by Gasteiger charge is 2.31. The maximum absolute atomic E-state index is 12.0. The summed E-state index contributed by atoms with van der Waals surface area (Å²) in [4.78, 5) is 12.0. The van der Waals surface area contributed by atoms with Gasteiger partial charge in [0.15, 0.2) is 0 Å². The number of amides is 1. The van der Waals surface area contributed by atoms with Gasteiger partial charge in [0.2, 0.25) is 5.91 Å². The average molecular weight is 241 g/mol. The molecular formula is C13H23NOS. The van der Waals surface area contributed by atoms with Crippen LogP contribution in [0.3, 0.4) is 0 Å². The predicted molar refractivity (Wildman–Crippen MR) is 69.7 cm³/mol. The number of thioether (sulfide) groups is 1. The summed E-state index contributed by atoms with van der Waals surface area (Å²) in [7, 11) is 0. The summed E-state index contributed by atoms with van der Waals surface area (Å²) < 4.78 is 0. The lowest BCUT2D eigenvalue weighted by Crippen LogP contribution is -2.41. The molecule has 0 saturated heterocycles. The van der Waals surface area contributed by atoms with Crippen molar-refractivity contribution in [1.82, 2.24) is 5.32 Å². The molecule has 92 valence electrons. The Morgan fingerprint density at radius 3 is 2.62 bits per heavy atom. The Morgan fingerprint density at radius 2 is 1.94 bits per heavy atom. The molecule has 2 fully saturated rings. The molecule has 0 aromatic carbocycles. The van der Waals surface area contributed by atoms with Crippen LogP contribution in [0.25, 0.3) is 0 Å². The fourth-order valence-electron chi connectivity index (χ4n) is 2.99. The van der Waals surface area contributed by atoms with E-state index in [1.807, 2.05) is 11.8 Å². The van der Waals surface area contributed by atoms with Crippen molar-refractivity contribution in [2.24, 2.45) is 5.92 Å². The largest absolute Gasteiger partial charge is 0.352 e. The van der Waals surface area contributed by atoms with Gasteiger partial charge in [-0.1, -0.05) is 26.2 Å². The highest BCUT2D eigenvalue weighted by Crippen LogP contribution is 2.31. The first kappa shape index (κ1) is 12.3. The summed E-state index contributed by atoms with van der Waals surface area (Å²) in [5.74, 6) is 1.83. The van der Waals surface area contributed by atoms with Gasteiger partial charge in [-0.05, 0) is 31.4 Å². The van der Waals surface area contributed by atoms with Crippen LogP contribution in [0.1, 0.15) is 51.9 Å². The molecule has 2 saturated carbocycles. The van der Waals surface area contributed by atoms with Gasteiger partial charge in [-0.25, -0.2) is 0 Å². The molecule has 2 nitrogen and oxygen atoms in total. The van der Waals surface area contributed by atoms with Crippen LogP contribution in [0.15, 0.2) is 0 Å². The van der Waals surface area contributed by atoms with Crippen LogP contribution in [0.5, 0.6) is 0 Å². The van der Waals surface area contributed by atoms with E-state index in [0.29, 0.717) is 23.1 Å². The number of carbonyl (C=O) groups is 1. The Labute approximate surface area is 103 Å². The van der Waals surface area contributed by atoms with Crippen LogP contribution in [0.4, 0.5) is 0 Å². The molecule has 2 aliphatic rings. The first-order valence-electron chi connectivity index (χ1n) is 6.73. The number of hydrogen-bond acceptors (Lipinski definition) is 2. The minimum atomic E-state index is 0.327. The van der Waals surface area contributed by atoms with Gasteiger partial charge in [0, 0.05) is 17.2 Å². The molecular weight excluding hydrogens is 218 g/mol. The van der Waals surface area contributed by atoms with Gasteiger partial charge in [-0.3, -0.25) is 4.79 Å². The second-order valence-electron chi connectivity index (χ2n) is 5.02. The minimum Gasteiger partial charge on any atom is -0.352 e. The van der Waals surface area contributed by atoms with Gasteiger partial charge >= 0.3 is 0 Å². The third-order valence-corrected chi connectivity index (χ3v) is 5.21. The molecule has 1 amide bonds. The standard InChI is InChI=1S/C13H23NOS/c1-2-16-12-9-5-8-11(12)14-13(15)10-6-3-4-7-10/h10-12H,2-9H2,1H3,(H,14,15)/t11-,12+/m0/s1. The maximum Gasteiger partial charge on any atom is 0.223 e. The summed E-state index contributed by atoms with van der Waals surface area (Å²) >= 11 is 2.02. The van der Waals surface area contributed by atoms with Crippen molar-refractivity contribution in [3.8, 4) is 0 Å². The smallest absolute Gasteiger partial charge is 0.223 e. The Balaban J connectivity index is 1.81. The van der Waals surface area contributed by atoms with Crippen molar-refractivity contribution in [3.63, 3.8) is 0 Å². The van der Waals surface area contributed by atoms with Crippen LogP contribution < -0.4 is 5.32 Å². The summed E-state index contributed by atoms with van der Waals surface area (Å²) in [5.41, 5.74) is 0. The molecule has 0 heterocycles. The zero-order valence-electron chi connectivity index (χ0n) is 10.2. The lowest BCUT2D eigenvalue weighted by atomic mass is 10.1. The van der Waals surface area contributed by atoms with Gasteiger partial charge in [0.05, 0.1) is 0 Å². The fourth-order valence-corrected chi connectivity index (χ4v) is 4.19. The van der Waals surface area contributed by atoms with E-state index in [1.165, 1.54) is 37.9 Å². The van der Waals surface area contributed by atoms with Gasteiger partial charge < -0.3 is 5.32 Å².